The maximum Gasteiger partial charge on any atom is 0.264 e. The van der Waals surface area contributed by atoms with Crippen molar-refractivity contribution in [2.24, 2.45) is 0 Å². The van der Waals surface area contributed by atoms with E-state index in [-0.39, 0.29) is 16.9 Å². The number of hydrogen-bond acceptors (Lipinski definition) is 3. The van der Waals surface area contributed by atoms with Crippen LogP contribution in [0.3, 0.4) is 0 Å². The molecule has 0 unspecified atom stereocenters. The van der Waals surface area contributed by atoms with Gasteiger partial charge < -0.3 is 5.73 Å². The Labute approximate surface area is 115 Å². The van der Waals surface area contributed by atoms with Gasteiger partial charge in [0, 0.05) is 11.4 Å². The normalized spacial score (nSPS) is 11.3. The number of rotatable bonds is 3. The zero-order valence-corrected chi connectivity index (χ0v) is 11.3. The predicted octanol–water partition coefficient (Wildman–Crippen LogP) is 2.66. The van der Waals surface area contributed by atoms with E-state index in [0.29, 0.717) is 0 Å². The highest BCUT2D eigenvalue weighted by Crippen LogP contribution is 2.24. The maximum atomic E-state index is 13.9. The summed E-state index contributed by atoms with van der Waals surface area (Å²) in [4.78, 5) is -0.542. The standard InChI is InChI=1S/C13H12F2N2O2S/c1-8-6-10(16)7-12(13(8)15)20(18,19)17-11-4-2-9(14)3-5-11/h2-7,17H,16H2,1H3. The van der Waals surface area contributed by atoms with Crippen LogP contribution >= 0.6 is 0 Å². The van der Waals surface area contributed by atoms with Gasteiger partial charge in [-0.15, -0.1) is 0 Å². The molecule has 20 heavy (non-hydrogen) atoms. The van der Waals surface area contributed by atoms with E-state index in [2.05, 4.69) is 4.72 Å². The molecule has 0 saturated carbocycles. The highest BCUT2D eigenvalue weighted by Gasteiger charge is 2.21. The summed E-state index contributed by atoms with van der Waals surface area (Å²) < 4.78 is 53.1. The number of anilines is 2. The van der Waals surface area contributed by atoms with Crippen LogP contribution in [0.25, 0.3) is 0 Å². The molecule has 0 amide bonds. The molecule has 3 N–H and O–H groups in total. The topological polar surface area (TPSA) is 72.2 Å². The Bertz CT molecular complexity index is 744. The van der Waals surface area contributed by atoms with Crippen molar-refractivity contribution in [3.05, 3.63) is 53.6 Å². The lowest BCUT2D eigenvalue weighted by atomic mass is 10.2. The van der Waals surface area contributed by atoms with Crippen LogP contribution in [0.15, 0.2) is 41.3 Å². The molecule has 0 heterocycles. The smallest absolute Gasteiger partial charge is 0.264 e. The lowest BCUT2D eigenvalue weighted by molar-refractivity contribution is 0.565. The van der Waals surface area contributed by atoms with E-state index in [9.17, 15) is 17.2 Å². The van der Waals surface area contributed by atoms with Gasteiger partial charge in [-0.05, 0) is 48.9 Å². The summed E-state index contributed by atoms with van der Waals surface area (Å²) in [7, 11) is -4.13. The second-order valence-corrected chi connectivity index (χ2v) is 5.91. The summed E-state index contributed by atoms with van der Waals surface area (Å²) in [5.74, 6) is -1.37. The number of sulfonamides is 1. The van der Waals surface area contributed by atoms with Gasteiger partial charge in [0.05, 0.1) is 0 Å². The van der Waals surface area contributed by atoms with Gasteiger partial charge in [-0.2, -0.15) is 0 Å². The number of benzene rings is 2. The molecule has 0 radical (unpaired) electrons. The molecule has 2 aromatic carbocycles. The first kappa shape index (κ1) is 14.3. The first-order chi connectivity index (χ1) is 9.29. The van der Waals surface area contributed by atoms with E-state index in [4.69, 9.17) is 5.73 Å². The third-order valence-corrected chi connectivity index (χ3v) is 4.01. The molecular formula is C13H12F2N2O2S. The number of nitrogen functional groups attached to an aromatic ring is 1. The molecule has 0 fully saturated rings. The number of halogens is 2. The van der Waals surface area contributed by atoms with Crippen molar-refractivity contribution in [2.75, 3.05) is 10.5 Å². The molecule has 0 aromatic heterocycles. The van der Waals surface area contributed by atoms with Crippen LogP contribution in [0.5, 0.6) is 0 Å². The molecule has 0 saturated heterocycles. The monoisotopic (exact) mass is 298 g/mol. The Kier molecular flexibility index (Phi) is 3.63. The lowest BCUT2D eigenvalue weighted by Gasteiger charge is -2.11. The Morgan fingerprint density at radius 3 is 2.30 bits per heavy atom. The quantitative estimate of drug-likeness (QED) is 0.856. The number of nitrogens with two attached hydrogens (primary N) is 1. The molecule has 0 aliphatic carbocycles. The molecular weight excluding hydrogens is 286 g/mol. The Morgan fingerprint density at radius 1 is 1.10 bits per heavy atom. The van der Waals surface area contributed by atoms with Gasteiger partial charge in [-0.1, -0.05) is 0 Å². The molecule has 7 heteroatoms. The highest BCUT2D eigenvalue weighted by molar-refractivity contribution is 7.92. The Balaban J connectivity index is 2.43. The summed E-state index contributed by atoms with van der Waals surface area (Å²) in [5, 5.41) is 0. The van der Waals surface area contributed by atoms with Crippen molar-refractivity contribution in [3.63, 3.8) is 0 Å². The lowest BCUT2D eigenvalue weighted by Crippen LogP contribution is -2.15. The average molecular weight is 298 g/mol. The predicted molar refractivity (Wildman–Crippen MR) is 72.8 cm³/mol. The third-order valence-electron chi connectivity index (χ3n) is 2.63. The van der Waals surface area contributed by atoms with Crippen molar-refractivity contribution in [1.29, 1.82) is 0 Å². The summed E-state index contributed by atoms with van der Waals surface area (Å²) in [6, 6.07) is 7.05. The largest absolute Gasteiger partial charge is 0.399 e. The molecule has 4 nitrogen and oxygen atoms in total. The van der Waals surface area contributed by atoms with Gasteiger partial charge in [0.25, 0.3) is 10.0 Å². The molecule has 0 aliphatic heterocycles. The fourth-order valence-electron chi connectivity index (χ4n) is 1.69. The van der Waals surface area contributed by atoms with Crippen LogP contribution in [0.4, 0.5) is 20.2 Å². The Morgan fingerprint density at radius 2 is 1.70 bits per heavy atom. The van der Waals surface area contributed by atoms with Crippen LogP contribution in [-0.2, 0) is 10.0 Å². The van der Waals surface area contributed by atoms with Crippen molar-refractivity contribution >= 4 is 21.4 Å². The maximum absolute atomic E-state index is 13.9. The van der Waals surface area contributed by atoms with E-state index in [1.807, 2.05) is 0 Å². The second-order valence-electron chi connectivity index (χ2n) is 4.26. The van der Waals surface area contributed by atoms with Gasteiger partial charge in [-0.25, -0.2) is 17.2 Å². The van der Waals surface area contributed by atoms with Crippen molar-refractivity contribution in [1.82, 2.24) is 0 Å². The Hall–Kier alpha value is -2.15. The van der Waals surface area contributed by atoms with Crippen molar-refractivity contribution < 1.29 is 17.2 Å². The molecule has 0 aliphatic rings. The van der Waals surface area contributed by atoms with Gasteiger partial charge in [0.15, 0.2) is 0 Å². The van der Waals surface area contributed by atoms with Crippen molar-refractivity contribution in [3.8, 4) is 0 Å². The fourth-order valence-corrected chi connectivity index (χ4v) is 2.93. The SMILES string of the molecule is Cc1cc(N)cc(S(=O)(=O)Nc2ccc(F)cc2)c1F. The first-order valence-electron chi connectivity index (χ1n) is 5.63. The van der Waals surface area contributed by atoms with Gasteiger partial charge in [0.2, 0.25) is 0 Å². The minimum Gasteiger partial charge on any atom is -0.399 e. The fraction of sp³-hybridized carbons (Fsp3) is 0.0769. The van der Waals surface area contributed by atoms with Crippen molar-refractivity contribution in [2.45, 2.75) is 11.8 Å². The third kappa shape index (κ3) is 2.88. The number of hydrogen-bond donors (Lipinski definition) is 2. The van der Waals surface area contributed by atoms with Gasteiger partial charge >= 0.3 is 0 Å². The zero-order valence-electron chi connectivity index (χ0n) is 10.5. The van der Waals surface area contributed by atoms with E-state index in [0.717, 1.165) is 18.2 Å². The minimum atomic E-state index is -4.13. The molecule has 2 rings (SSSR count). The zero-order chi connectivity index (χ0) is 14.9. The number of aryl methyl sites for hydroxylation is 1. The van der Waals surface area contributed by atoms with Crippen LogP contribution in [0.2, 0.25) is 0 Å². The van der Waals surface area contributed by atoms with Crippen LogP contribution in [-0.4, -0.2) is 8.42 Å². The van der Waals surface area contributed by atoms with E-state index in [1.54, 1.807) is 0 Å². The molecule has 2 aromatic rings. The summed E-state index contributed by atoms with van der Waals surface area (Å²) in [6.07, 6.45) is 0. The van der Waals surface area contributed by atoms with Crippen LogP contribution in [0, 0.1) is 18.6 Å². The van der Waals surface area contributed by atoms with Gasteiger partial charge in [-0.3, -0.25) is 4.72 Å². The highest BCUT2D eigenvalue weighted by atomic mass is 32.2. The van der Waals surface area contributed by atoms with Gasteiger partial charge in [0.1, 0.15) is 16.5 Å². The molecule has 0 atom stereocenters. The molecule has 0 bridgehead atoms. The van der Waals surface area contributed by atoms with Crippen LogP contribution < -0.4 is 10.5 Å². The molecule has 106 valence electrons. The minimum absolute atomic E-state index is 0.129. The first-order valence-corrected chi connectivity index (χ1v) is 7.12. The second kappa shape index (κ2) is 5.09. The summed E-state index contributed by atoms with van der Waals surface area (Å²) in [5.41, 5.74) is 5.93. The van der Waals surface area contributed by atoms with Crippen LogP contribution in [0.1, 0.15) is 5.56 Å². The molecule has 0 spiro atoms. The van der Waals surface area contributed by atoms with E-state index in [1.165, 1.54) is 25.1 Å². The summed E-state index contributed by atoms with van der Waals surface area (Å²) >= 11 is 0. The summed E-state index contributed by atoms with van der Waals surface area (Å²) in [6.45, 7) is 1.42. The number of nitrogens with one attached hydrogen (secondary N) is 1. The average Bonchev–Trinajstić information content (AvgIpc) is 2.36. The van der Waals surface area contributed by atoms with E-state index < -0.39 is 26.6 Å². The van der Waals surface area contributed by atoms with E-state index >= 15 is 0 Å².